The highest BCUT2D eigenvalue weighted by molar-refractivity contribution is 5.49. The first-order valence-electron chi connectivity index (χ1n) is 6.15. The van der Waals surface area contributed by atoms with E-state index >= 15 is 0 Å². The highest BCUT2D eigenvalue weighted by atomic mass is 16.5. The minimum absolute atomic E-state index is 0.193. The number of nitrogens with zero attached hydrogens (tertiary/aromatic N) is 2. The van der Waals surface area contributed by atoms with Crippen LogP contribution in [0.1, 0.15) is 24.8 Å². The van der Waals surface area contributed by atoms with Crippen LogP contribution in [0, 0.1) is 6.92 Å². The van der Waals surface area contributed by atoms with Crippen LogP contribution in [-0.4, -0.2) is 36.4 Å². The quantitative estimate of drug-likeness (QED) is 0.868. The van der Waals surface area contributed by atoms with Crippen molar-refractivity contribution in [3.8, 4) is 5.88 Å². The van der Waals surface area contributed by atoms with Gasteiger partial charge in [0.25, 0.3) is 0 Å². The molecule has 1 aliphatic heterocycles. The van der Waals surface area contributed by atoms with Gasteiger partial charge in [-0.3, -0.25) is 0 Å². The first kappa shape index (κ1) is 12.2. The van der Waals surface area contributed by atoms with E-state index in [1.165, 1.54) is 6.42 Å². The van der Waals surface area contributed by atoms with Gasteiger partial charge in [0.2, 0.25) is 5.88 Å². The van der Waals surface area contributed by atoms with Crippen LogP contribution in [0.2, 0.25) is 0 Å². The Morgan fingerprint density at radius 1 is 1.47 bits per heavy atom. The maximum absolute atomic E-state index is 9.44. The lowest BCUT2D eigenvalue weighted by atomic mass is 10.0. The van der Waals surface area contributed by atoms with E-state index in [2.05, 4.69) is 9.88 Å². The number of aliphatic hydroxyl groups is 1. The van der Waals surface area contributed by atoms with Crippen LogP contribution in [0.5, 0.6) is 5.88 Å². The van der Waals surface area contributed by atoms with Crippen LogP contribution in [0.3, 0.4) is 0 Å². The fraction of sp³-hybridized carbons (Fsp3) is 0.615. The summed E-state index contributed by atoms with van der Waals surface area (Å²) in [5.74, 6) is 1.58. The minimum Gasteiger partial charge on any atom is -0.481 e. The average Bonchev–Trinajstić information content (AvgIpc) is 2.39. The maximum Gasteiger partial charge on any atom is 0.214 e. The standard InChI is InChI=1S/C13H20N2O2/c1-10-6-7-12(17-2)14-13(10)15-8-4-3-5-11(15)9-16/h6-7,11,16H,3-5,8-9H2,1-2H3. The molecule has 1 aromatic heterocycles. The normalized spacial score (nSPS) is 20.4. The number of aliphatic hydroxyl groups excluding tert-OH is 1. The summed E-state index contributed by atoms with van der Waals surface area (Å²) in [5, 5.41) is 9.44. The summed E-state index contributed by atoms with van der Waals surface area (Å²) in [5.41, 5.74) is 1.13. The molecular formula is C13H20N2O2. The summed E-state index contributed by atoms with van der Waals surface area (Å²) >= 11 is 0. The van der Waals surface area contributed by atoms with Crippen molar-refractivity contribution < 1.29 is 9.84 Å². The number of anilines is 1. The molecule has 4 nitrogen and oxygen atoms in total. The van der Waals surface area contributed by atoms with Crippen molar-refractivity contribution >= 4 is 5.82 Å². The number of rotatable bonds is 3. The van der Waals surface area contributed by atoms with Crippen LogP contribution < -0.4 is 9.64 Å². The van der Waals surface area contributed by atoms with Gasteiger partial charge in [-0.15, -0.1) is 0 Å². The molecule has 1 unspecified atom stereocenters. The van der Waals surface area contributed by atoms with Crippen molar-refractivity contribution in [1.82, 2.24) is 4.98 Å². The van der Waals surface area contributed by atoms with Crippen LogP contribution in [0.15, 0.2) is 12.1 Å². The van der Waals surface area contributed by atoms with Crippen LogP contribution >= 0.6 is 0 Å². The molecule has 17 heavy (non-hydrogen) atoms. The Morgan fingerprint density at radius 3 is 3.00 bits per heavy atom. The number of pyridine rings is 1. The number of aromatic nitrogens is 1. The van der Waals surface area contributed by atoms with Gasteiger partial charge >= 0.3 is 0 Å². The van der Waals surface area contributed by atoms with Crippen molar-refractivity contribution in [3.05, 3.63) is 17.7 Å². The van der Waals surface area contributed by atoms with Crippen molar-refractivity contribution in [2.75, 3.05) is 25.2 Å². The third-order valence-corrected chi connectivity index (χ3v) is 3.36. The lowest BCUT2D eigenvalue weighted by Gasteiger charge is -2.36. The molecular weight excluding hydrogens is 216 g/mol. The fourth-order valence-corrected chi connectivity index (χ4v) is 2.37. The zero-order chi connectivity index (χ0) is 12.3. The van der Waals surface area contributed by atoms with Crippen LogP contribution in [0.4, 0.5) is 5.82 Å². The van der Waals surface area contributed by atoms with Crippen molar-refractivity contribution in [2.45, 2.75) is 32.2 Å². The van der Waals surface area contributed by atoms with E-state index < -0.39 is 0 Å². The largest absolute Gasteiger partial charge is 0.481 e. The second kappa shape index (κ2) is 5.36. The number of hydrogen-bond acceptors (Lipinski definition) is 4. The Balaban J connectivity index is 2.30. The number of aryl methyl sites for hydroxylation is 1. The van der Waals surface area contributed by atoms with E-state index in [4.69, 9.17) is 4.74 Å². The number of ether oxygens (including phenoxy) is 1. The van der Waals surface area contributed by atoms with Crippen molar-refractivity contribution in [3.63, 3.8) is 0 Å². The van der Waals surface area contributed by atoms with Crippen molar-refractivity contribution in [2.24, 2.45) is 0 Å². The Labute approximate surface area is 102 Å². The number of piperidine rings is 1. The van der Waals surface area contributed by atoms with Crippen molar-refractivity contribution in [1.29, 1.82) is 0 Å². The highest BCUT2D eigenvalue weighted by Gasteiger charge is 2.24. The van der Waals surface area contributed by atoms with E-state index in [0.29, 0.717) is 5.88 Å². The molecule has 1 fully saturated rings. The van der Waals surface area contributed by atoms with Gasteiger partial charge in [-0.1, -0.05) is 6.07 Å². The lowest BCUT2D eigenvalue weighted by Crippen LogP contribution is -2.42. The molecule has 1 aliphatic rings. The van der Waals surface area contributed by atoms with E-state index in [9.17, 15) is 5.11 Å². The Morgan fingerprint density at radius 2 is 2.29 bits per heavy atom. The van der Waals surface area contributed by atoms with Crippen LogP contribution in [-0.2, 0) is 0 Å². The van der Waals surface area contributed by atoms with Gasteiger partial charge in [0.05, 0.1) is 19.8 Å². The molecule has 4 heteroatoms. The summed E-state index contributed by atoms with van der Waals surface area (Å²) in [7, 11) is 1.63. The third-order valence-electron chi connectivity index (χ3n) is 3.36. The molecule has 0 bridgehead atoms. The Bertz CT molecular complexity index is 382. The predicted octanol–water partition coefficient (Wildman–Crippen LogP) is 1.75. The van der Waals surface area contributed by atoms with Gasteiger partial charge in [0.1, 0.15) is 5.82 Å². The topological polar surface area (TPSA) is 45.6 Å². The molecule has 1 saturated heterocycles. The predicted molar refractivity (Wildman–Crippen MR) is 67.6 cm³/mol. The summed E-state index contributed by atoms with van der Waals surface area (Å²) in [4.78, 5) is 6.71. The molecule has 0 spiro atoms. The Hall–Kier alpha value is -1.29. The lowest BCUT2D eigenvalue weighted by molar-refractivity contribution is 0.239. The van der Waals surface area contributed by atoms with E-state index in [0.717, 1.165) is 30.8 Å². The molecule has 0 amide bonds. The Kier molecular flexibility index (Phi) is 3.84. The molecule has 94 valence electrons. The second-order valence-corrected chi connectivity index (χ2v) is 4.52. The third kappa shape index (κ3) is 2.52. The van der Waals surface area contributed by atoms with Gasteiger partial charge in [-0.05, 0) is 31.7 Å². The second-order valence-electron chi connectivity index (χ2n) is 4.52. The van der Waals surface area contributed by atoms with E-state index in [-0.39, 0.29) is 12.6 Å². The molecule has 0 radical (unpaired) electrons. The molecule has 0 aliphatic carbocycles. The summed E-state index contributed by atoms with van der Waals surface area (Å²) in [6.07, 6.45) is 3.38. The monoisotopic (exact) mass is 236 g/mol. The summed E-state index contributed by atoms with van der Waals surface area (Å²) in [6, 6.07) is 4.09. The first-order valence-corrected chi connectivity index (χ1v) is 6.15. The number of hydrogen-bond donors (Lipinski definition) is 1. The minimum atomic E-state index is 0.193. The van der Waals surface area contributed by atoms with Gasteiger partial charge in [0, 0.05) is 12.6 Å². The van der Waals surface area contributed by atoms with Crippen LogP contribution in [0.25, 0.3) is 0 Å². The summed E-state index contributed by atoms with van der Waals surface area (Å²) in [6.45, 7) is 3.20. The SMILES string of the molecule is COc1ccc(C)c(N2CCCCC2CO)n1. The molecule has 0 aromatic carbocycles. The van der Waals surface area contributed by atoms with E-state index in [1.807, 2.05) is 19.1 Å². The first-order chi connectivity index (χ1) is 8.26. The highest BCUT2D eigenvalue weighted by Crippen LogP contribution is 2.27. The molecule has 2 rings (SSSR count). The van der Waals surface area contributed by atoms with Gasteiger partial charge in [-0.2, -0.15) is 4.98 Å². The van der Waals surface area contributed by atoms with Gasteiger partial charge in [0.15, 0.2) is 0 Å². The molecule has 1 atom stereocenters. The molecule has 1 aromatic rings. The summed E-state index contributed by atoms with van der Waals surface area (Å²) < 4.78 is 5.17. The average molecular weight is 236 g/mol. The van der Waals surface area contributed by atoms with E-state index in [1.54, 1.807) is 7.11 Å². The molecule has 2 heterocycles. The fourth-order valence-electron chi connectivity index (χ4n) is 2.37. The molecule has 1 N–H and O–H groups in total. The zero-order valence-electron chi connectivity index (χ0n) is 10.5. The maximum atomic E-state index is 9.44. The van der Waals surface area contributed by atoms with Gasteiger partial charge < -0.3 is 14.7 Å². The molecule has 0 saturated carbocycles. The smallest absolute Gasteiger partial charge is 0.214 e. The van der Waals surface area contributed by atoms with Gasteiger partial charge in [-0.25, -0.2) is 0 Å². The number of methoxy groups -OCH3 is 1. The zero-order valence-corrected chi connectivity index (χ0v) is 10.5.